The first-order chi connectivity index (χ1) is 10.3. The molecule has 2 aromatic rings. The Morgan fingerprint density at radius 1 is 1.09 bits per heavy atom. The zero-order valence-corrected chi connectivity index (χ0v) is 12.6. The molecule has 0 saturated heterocycles. The SMILES string of the molecule is Cc1cc(C(=O)CCc2ccc(C(F)(F)F)cc2)ccc1Cl. The van der Waals surface area contributed by atoms with Crippen molar-refractivity contribution >= 4 is 17.4 Å². The first-order valence-corrected chi connectivity index (χ1v) is 7.10. The molecule has 0 aliphatic carbocycles. The van der Waals surface area contributed by atoms with Crippen LogP contribution in [0.4, 0.5) is 13.2 Å². The molecule has 2 rings (SSSR count). The van der Waals surface area contributed by atoms with E-state index < -0.39 is 11.7 Å². The molecule has 0 unspecified atom stereocenters. The number of halogens is 4. The summed E-state index contributed by atoms with van der Waals surface area (Å²) in [5.74, 6) is -0.0559. The van der Waals surface area contributed by atoms with Crippen LogP contribution in [0.15, 0.2) is 42.5 Å². The molecule has 0 spiro atoms. The lowest BCUT2D eigenvalue weighted by Crippen LogP contribution is -2.05. The molecule has 0 aromatic heterocycles. The molecule has 1 nitrogen and oxygen atoms in total. The highest BCUT2D eigenvalue weighted by molar-refractivity contribution is 6.31. The minimum atomic E-state index is -4.34. The molecule has 0 heterocycles. The van der Waals surface area contributed by atoms with Gasteiger partial charge in [0.1, 0.15) is 0 Å². The summed E-state index contributed by atoms with van der Waals surface area (Å²) in [4.78, 5) is 12.1. The molecule has 0 saturated carbocycles. The van der Waals surface area contributed by atoms with Gasteiger partial charge in [-0.15, -0.1) is 0 Å². The standard InChI is InChI=1S/C17H14ClF3O/c1-11-10-13(5-8-15(11)18)16(22)9-4-12-2-6-14(7-3-12)17(19,20)21/h2-3,5-8,10H,4,9H2,1H3. The Balaban J connectivity index is 2.00. The fourth-order valence-electron chi connectivity index (χ4n) is 2.08. The second-order valence-electron chi connectivity index (χ2n) is 5.08. The molecule has 0 N–H and O–H groups in total. The normalized spacial score (nSPS) is 11.5. The fourth-order valence-corrected chi connectivity index (χ4v) is 2.20. The highest BCUT2D eigenvalue weighted by Crippen LogP contribution is 2.29. The van der Waals surface area contributed by atoms with Gasteiger partial charge in [-0.3, -0.25) is 4.79 Å². The van der Waals surface area contributed by atoms with Crippen LogP contribution >= 0.6 is 11.6 Å². The number of Topliss-reactive ketones (excluding diaryl/α,β-unsaturated/α-hetero) is 1. The Morgan fingerprint density at radius 2 is 1.73 bits per heavy atom. The van der Waals surface area contributed by atoms with Crippen LogP contribution in [-0.4, -0.2) is 5.78 Å². The lowest BCUT2D eigenvalue weighted by atomic mass is 10.0. The van der Waals surface area contributed by atoms with Crippen molar-refractivity contribution in [3.63, 3.8) is 0 Å². The fraction of sp³-hybridized carbons (Fsp3) is 0.235. The van der Waals surface area contributed by atoms with Crippen LogP contribution in [0.1, 0.15) is 33.5 Å². The smallest absolute Gasteiger partial charge is 0.294 e. The zero-order valence-electron chi connectivity index (χ0n) is 11.9. The number of alkyl halides is 3. The van der Waals surface area contributed by atoms with Crippen molar-refractivity contribution in [2.75, 3.05) is 0 Å². The van der Waals surface area contributed by atoms with Crippen molar-refractivity contribution in [2.45, 2.75) is 25.9 Å². The number of hydrogen-bond donors (Lipinski definition) is 0. The van der Waals surface area contributed by atoms with Gasteiger partial charge in [0.2, 0.25) is 0 Å². The molecular weight excluding hydrogens is 313 g/mol. The first-order valence-electron chi connectivity index (χ1n) is 6.73. The van der Waals surface area contributed by atoms with Crippen LogP contribution in [0.5, 0.6) is 0 Å². The van der Waals surface area contributed by atoms with Crippen LogP contribution in [0.2, 0.25) is 5.02 Å². The third kappa shape index (κ3) is 4.10. The Morgan fingerprint density at radius 3 is 2.27 bits per heavy atom. The van der Waals surface area contributed by atoms with Gasteiger partial charge in [-0.05, 0) is 54.8 Å². The van der Waals surface area contributed by atoms with Gasteiger partial charge in [0, 0.05) is 17.0 Å². The zero-order chi connectivity index (χ0) is 16.3. The van der Waals surface area contributed by atoms with Crippen molar-refractivity contribution in [2.24, 2.45) is 0 Å². The van der Waals surface area contributed by atoms with E-state index >= 15 is 0 Å². The van der Waals surface area contributed by atoms with E-state index in [2.05, 4.69) is 0 Å². The third-order valence-corrected chi connectivity index (χ3v) is 3.83. The van der Waals surface area contributed by atoms with Crippen molar-refractivity contribution < 1.29 is 18.0 Å². The highest BCUT2D eigenvalue weighted by atomic mass is 35.5. The molecule has 2 aromatic carbocycles. The molecule has 0 bridgehead atoms. The van der Waals surface area contributed by atoms with Gasteiger partial charge in [-0.25, -0.2) is 0 Å². The van der Waals surface area contributed by atoms with Gasteiger partial charge < -0.3 is 0 Å². The first kappa shape index (κ1) is 16.6. The number of carbonyl (C=O) groups is 1. The number of benzene rings is 2. The molecular formula is C17H14ClF3O. The third-order valence-electron chi connectivity index (χ3n) is 3.40. The van der Waals surface area contributed by atoms with Crippen molar-refractivity contribution in [3.05, 3.63) is 69.7 Å². The lowest BCUT2D eigenvalue weighted by Gasteiger charge is -2.08. The Hall–Kier alpha value is -1.81. The maximum atomic E-state index is 12.5. The predicted molar refractivity (Wildman–Crippen MR) is 80.3 cm³/mol. The van der Waals surface area contributed by atoms with E-state index in [1.807, 2.05) is 6.92 Å². The highest BCUT2D eigenvalue weighted by Gasteiger charge is 2.29. The number of rotatable bonds is 4. The molecule has 0 fully saturated rings. The van der Waals surface area contributed by atoms with Crippen LogP contribution in [0.25, 0.3) is 0 Å². The average molecular weight is 327 g/mol. The van der Waals surface area contributed by atoms with Gasteiger partial charge in [-0.2, -0.15) is 13.2 Å². The summed E-state index contributed by atoms with van der Waals surface area (Å²) in [5, 5.41) is 0.597. The quantitative estimate of drug-likeness (QED) is 0.680. The van der Waals surface area contributed by atoms with Crippen LogP contribution in [0.3, 0.4) is 0 Å². The number of hydrogen-bond acceptors (Lipinski definition) is 1. The molecule has 0 aliphatic heterocycles. The van der Waals surface area contributed by atoms with Crippen molar-refractivity contribution in [1.82, 2.24) is 0 Å². The van der Waals surface area contributed by atoms with Gasteiger partial charge in [0.15, 0.2) is 5.78 Å². The Labute approximate surface area is 131 Å². The van der Waals surface area contributed by atoms with E-state index in [1.165, 1.54) is 12.1 Å². The summed E-state index contributed by atoms with van der Waals surface area (Å²) in [6, 6.07) is 9.93. The second-order valence-corrected chi connectivity index (χ2v) is 5.49. The largest absolute Gasteiger partial charge is 0.416 e. The van der Waals surface area contributed by atoms with E-state index in [1.54, 1.807) is 18.2 Å². The van der Waals surface area contributed by atoms with Crippen LogP contribution in [0, 0.1) is 6.92 Å². The Kier molecular flexibility index (Phi) is 4.91. The summed E-state index contributed by atoms with van der Waals surface area (Å²) in [5.41, 5.74) is 1.40. The molecule has 22 heavy (non-hydrogen) atoms. The maximum absolute atomic E-state index is 12.5. The van der Waals surface area contributed by atoms with Gasteiger partial charge in [0.25, 0.3) is 0 Å². The molecule has 0 aliphatic rings. The lowest BCUT2D eigenvalue weighted by molar-refractivity contribution is -0.137. The molecule has 0 radical (unpaired) electrons. The molecule has 0 atom stereocenters. The predicted octanol–water partition coefficient (Wildman–Crippen LogP) is 5.48. The number of ketones is 1. The van der Waals surface area contributed by atoms with E-state index in [0.717, 1.165) is 17.7 Å². The summed E-state index contributed by atoms with van der Waals surface area (Å²) >= 11 is 5.91. The van der Waals surface area contributed by atoms with Crippen LogP contribution in [-0.2, 0) is 12.6 Å². The number of aryl methyl sites for hydroxylation is 2. The topological polar surface area (TPSA) is 17.1 Å². The van der Waals surface area contributed by atoms with E-state index in [4.69, 9.17) is 11.6 Å². The van der Waals surface area contributed by atoms with Gasteiger partial charge in [0.05, 0.1) is 5.56 Å². The molecule has 0 amide bonds. The summed E-state index contributed by atoms with van der Waals surface area (Å²) in [6.07, 6.45) is -3.69. The van der Waals surface area contributed by atoms with Crippen LogP contribution < -0.4 is 0 Å². The van der Waals surface area contributed by atoms with E-state index in [9.17, 15) is 18.0 Å². The van der Waals surface area contributed by atoms with Crippen molar-refractivity contribution in [3.8, 4) is 0 Å². The second kappa shape index (κ2) is 6.53. The monoisotopic (exact) mass is 326 g/mol. The number of carbonyl (C=O) groups excluding carboxylic acids is 1. The van der Waals surface area contributed by atoms with E-state index in [-0.39, 0.29) is 12.2 Å². The Bertz CT molecular complexity index is 675. The summed E-state index contributed by atoms with van der Waals surface area (Å²) in [6.45, 7) is 1.81. The van der Waals surface area contributed by atoms with Gasteiger partial charge in [-0.1, -0.05) is 23.7 Å². The maximum Gasteiger partial charge on any atom is 0.416 e. The van der Waals surface area contributed by atoms with Crippen molar-refractivity contribution in [1.29, 1.82) is 0 Å². The molecule has 116 valence electrons. The van der Waals surface area contributed by atoms with E-state index in [0.29, 0.717) is 22.6 Å². The minimum Gasteiger partial charge on any atom is -0.294 e. The summed E-state index contributed by atoms with van der Waals surface area (Å²) in [7, 11) is 0. The average Bonchev–Trinajstić information content (AvgIpc) is 2.47. The van der Waals surface area contributed by atoms with Gasteiger partial charge >= 0.3 is 6.18 Å². The summed E-state index contributed by atoms with van der Waals surface area (Å²) < 4.78 is 37.4. The minimum absolute atomic E-state index is 0.0559. The molecule has 5 heteroatoms.